The summed E-state index contributed by atoms with van der Waals surface area (Å²) in [6.45, 7) is 1.62. The predicted octanol–water partition coefficient (Wildman–Crippen LogP) is -2.20. The average Bonchev–Trinajstić information content (AvgIpc) is 2.79. The molecule has 0 aliphatic heterocycles. The van der Waals surface area contributed by atoms with Gasteiger partial charge in [0.15, 0.2) is 5.96 Å². The minimum atomic E-state index is -1.30. The Kier molecular flexibility index (Phi) is 12.4. The van der Waals surface area contributed by atoms with Crippen molar-refractivity contribution in [2.24, 2.45) is 22.2 Å². The summed E-state index contributed by atoms with van der Waals surface area (Å²) in [6.07, 6.45) is 0.323. The van der Waals surface area contributed by atoms with Crippen LogP contribution in [-0.2, 0) is 25.6 Å². The van der Waals surface area contributed by atoms with Crippen LogP contribution in [0.4, 0.5) is 0 Å². The summed E-state index contributed by atoms with van der Waals surface area (Å²) in [5.41, 5.74) is 16.7. The maximum absolute atomic E-state index is 13.0. The number of hydrogen-bond donors (Lipinski definition) is 9. The van der Waals surface area contributed by atoms with Crippen LogP contribution in [0.3, 0.4) is 0 Å². The van der Waals surface area contributed by atoms with Gasteiger partial charge in [-0.3, -0.25) is 19.4 Å². The fourth-order valence-electron chi connectivity index (χ4n) is 2.88. The predicted molar refractivity (Wildman–Crippen MR) is 133 cm³/mol. The molecular formula is C21H33N7O6S. The number of nitrogens with one attached hydrogen (secondary N) is 3. The first-order valence-corrected chi connectivity index (χ1v) is 11.4. The molecule has 0 heterocycles. The number of benzene rings is 1. The van der Waals surface area contributed by atoms with E-state index in [9.17, 15) is 29.4 Å². The van der Waals surface area contributed by atoms with E-state index in [1.165, 1.54) is 31.2 Å². The fraction of sp³-hybridized carbons (Fsp3) is 0.476. The highest BCUT2D eigenvalue weighted by Gasteiger charge is 2.29. The minimum Gasteiger partial charge on any atom is -0.508 e. The molecule has 0 radical (unpaired) electrons. The maximum Gasteiger partial charge on any atom is 0.326 e. The van der Waals surface area contributed by atoms with Crippen molar-refractivity contribution in [1.82, 2.24) is 16.0 Å². The van der Waals surface area contributed by atoms with Gasteiger partial charge in [-0.2, -0.15) is 12.6 Å². The normalized spacial score (nSPS) is 14.0. The summed E-state index contributed by atoms with van der Waals surface area (Å²) in [5.74, 6) is -3.48. The van der Waals surface area contributed by atoms with Crippen LogP contribution in [0.5, 0.6) is 5.75 Å². The van der Waals surface area contributed by atoms with Gasteiger partial charge < -0.3 is 43.4 Å². The molecule has 0 aromatic heterocycles. The quantitative estimate of drug-likeness (QED) is 0.0569. The Balaban J connectivity index is 2.98. The first kappa shape index (κ1) is 29.5. The Morgan fingerprint density at radius 1 is 0.971 bits per heavy atom. The molecule has 13 nitrogen and oxygen atoms in total. The van der Waals surface area contributed by atoms with Crippen LogP contribution in [0, 0.1) is 0 Å². The van der Waals surface area contributed by atoms with Crippen molar-refractivity contribution in [3.63, 3.8) is 0 Å². The summed E-state index contributed by atoms with van der Waals surface area (Å²) in [6, 6.07) is 1.48. The average molecular weight is 512 g/mol. The third kappa shape index (κ3) is 11.0. The number of rotatable bonds is 14. The van der Waals surface area contributed by atoms with Crippen LogP contribution >= 0.6 is 12.6 Å². The van der Waals surface area contributed by atoms with Gasteiger partial charge in [-0.05, 0) is 37.5 Å². The summed E-state index contributed by atoms with van der Waals surface area (Å²) < 4.78 is 0. The zero-order valence-corrected chi connectivity index (χ0v) is 20.2. The van der Waals surface area contributed by atoms with Crippen molar-refractivity contribution in [3.8, 4) is 5.75 Å². The van der Waals surface area contributed by atoms with E-state index in [0.29, 0.717) is 12.0 Å². The molecule has 3 amide bonds. The van der Waals surface area contributed by atoms with Crippen LogP contribution in [0.15, 0.2) is 29.3 Å². The first-order valence-electron chi connectivity index (χ1n) is 10.8. The number of aromatic hydroxyl groups is 1. The summed E-state index contributed by atoms with van der Waals surface area (Å²) in [7, 11) is 0. The molecule has 4 atom stereocenters. The highest BCUT2D eigenvalue weighted by Crippen LogP contribution is 2.12. The topological polar surface area (TPSA) is 235 Å². The molecular weight excluding hydrogens is 478 g/mol. The molecule has 0 spiro atoms. The van der Waals surface area contributed by atoms with Crippen LogP contribution in [-0.4, -0.2) is 76.3 Å². The molecule has 0 aliphatic carbocycles. The number of amides is 3. The molecule has 0 fully saturated rings. The number of nitrogens with two attached hydrogens (primary N) is 3. The maximum atomic E-state index is 13.0. The number of guanidine groups is 1. The number of hydrogen-bond acceptors (Lipinski definition) is 8. The van der Waals surface area contributed by atoms with E-state index in [1.54, 1.807) is 0 Å². The lowest BCUT2D eigenvalue weighted by molar-refractivity contribution is -0.142. The largest absolute Gasteiger partial charge is 0.508 e. The summed E-state index contributed by atoms with van der Waals surface area (Å²) in [4.78, 5) is 53.2. The van der Waals surface area contributed by atoms with E-state index in [1.807, 2.05) is 0 Å². The lowest BCUT2D eigenvalue weighted by atomic mass is 10.0. The van der Waals surface area contributed by atoms with Crippen LogP contribution in [0.1, 0.15) is 25.3 Å². The van der Waals surface area contributed by atoms with E-state index < -0.39 is 47.9 Å². The molecule has 11 N–H and O–H groups in total. The Bertz CT molecular complexity index is 906. The molecule has 35 heavy (non-hydrogen) atoms. The molecule has 14 heteroatoms. The Morgan fingerprint density at radius 2 is 1.51 bits per heavy atom. The number of aliphatic imine (C=N–C) groups is 1. The lowest BCUT2D eigenvalue weighted by Crippen LogP contribution is -2.57. The fourth-order valence-corrected chi connectivity index (χ4v) is 3.14. The van der Waals surface area contributed by atoms with Gasteiger partial charge in [-0.1, -0.05) is 12.1 Å². The highest BCUT2D eigenvalue weighted by molar-refractivity contribution is 7.80. The van der Waals surface area contributed by atoms with E-state index in [0.717, 1.165) is 0 Å². The molecule has 1 rings (SSSR count). The molecule has 4 unspecified atom stereocenters. The molecule has 194 valence electrons. The van der Waals surface area contributed by atoms with Crippen LogP contribution < -0.4 is 33.2 Å². The second kappa shape index (κ2) is 14.7. The van der Waals surface area contributed by atoms with Crippen molar-refractivity contribution in [2.45, 2.75) is 50.4 Å². The van der Waals surface area contributed by atoms with Gasteiger partial charge in [0.25, 0.3) is 0 Å². The Morgan fingerprint density at radius 3 is 2.03 bits per heavy atom. The monoisotopic (exact) mass is 511 g/mol. The number of thiol groups is 1. The van der Waals surface area contributed by atoms with Crippen molar-refractivity contribution < 1.29 is 29.4 Å². The van der Waals surface area contributed by atoms with Gasteiger partial charge in [0, 0.05) is 18.7 Å². The minimum absolute atomic E-state index is 0.0167. The summed E-state index contributed by atoms with van der Waals surface area (Å²) in [5, 5.41) is 26.4. The third-order valence-corrected chi connectivity index (χ3v) is 5.16. The number of carboxylic acids is 1. The molecule has 0 saturated heterocycles. The number of carbonyl (C=O) groups excluding carboxylic acids is 3. The van der Waals surface area contributed by atoms with E-state index in [2.05, 4.69) is 33.6 Å². The van der Waals surface area contributed by atoms with Crippen molar-refractivity contribution in [3.05, 3.63) is 29.8 Å². The smallest absolute Gasteiger partial charge is 0.326 e. The summed E-state index contributed by atoms with van der Waals surface area (Å²) >= 11 is 4.07. The van der Waals surface area contributed by atoms with Gasteiger partial charge in [0.05, 0.1) is 6.04 Å². The molecule has 1 aromatic carbocycles. The van der Waals surface area contributed by atoms with Crippen molar-refractivity contribution >= 4 is 42.3 Å². The molecule has 0 saturated carbocycles. The zero-order valence-electron chi connectivity index (χ0n) is 19.3. The second-order valence-electron chi connectivity index (χ2n) is 7.81. The molecule has 0 aliphatic rings. The number of nitrogens with zero attached hydrogens (tertiary/aromatic N) is 1. The SMILES string of the molecule is CC(N)C(=O)NC(CS)C(=O)NC(CCCN=C(N)N)C(=O)NC(Cc1ccc(O)cc1)C(=O)O. The van der Waals surface area contributed by atoms with Crippen molar-refractivity contribution in [2.75, 3.05) is 12.3 Å². The van der Waals surface area contributed by atoms with E-state index in [4.69, 9.17) is 17.2 Å². The molecule has 1 aromatic rings. The zero-order chi connectivity index (χ0) is 26.5. The van der Waals surface area contributed by atoms with E-state index >= 15 is 0 Å². The van der Waals surface area contributed by atoms with Gasteiger partial charge in [-0.15, -0.1) is 0 Å². The number of phenols is 1. The standard InChI is InChI=1S/C21H33N7O6S/c1-11(22)17(30)28-16(10-35)19(32)26-14(3-2-8-25-21(23)24)18(31)27-15(20(33)34)9-12-4-6-13(29)7-5-12/h4-7,11,14-16,29,35H,2-3,8-10,22H2,1H3,(H,26,32)(H,27,31)(H,28,30)(H,33,34)(H4,23,24,25). The second-order valence-corrected chi connectivity index (χ2v) is 8.18. The van der Waals surface area contributed by atoms with Gasteiger partial charge >= 0.3 is 5.97 Å². The molecule has 0 bridgehead atoms. The highest BCUT2D eigenvalue weighted by atomic mass is 32.1. The van der Waals surface area contributed by atoms with Gasteiger partial charge in [0.2, 0.25) is 17.7 Å². The number of carboxylic acid groups (broad SMARTS) is 1. The Hall–Kier alpha value is -3.52. The lowest BCUT2D eigenvalue weighted by Gasteiger charge is -2.24. The van der Waals surface area contributed by atoms with Gasteiger partial charge in [-0.25, -0.2) is 4.79 Å². The number of aliphatic carboxylic acids is 1. The van der Waals surface area contributed by atoms with Crippen LogP contribution in [0.2, 0.25) is 0 Å². The third-order valence-electron chi connectivity index (χ3n) is 4.80. The first-order chi connectivity index (χ1) is 16.4. The Labute approximate surface area is 208 Å². The number of carbonyl (C=O) groups is 4. The number of phenolic OH excluding ortho intramolecular Hbond substituents is 1. The van der Waals surface area contributed by atoms with E-state index in [-0.39, 0.29) is 36.8 Å². The van der Waals surface area contributed by atoms with Crippen molar-refractivity contribution in [1.29, 1.82) is 0 Å². The van der Waals surface area contributed by atoms with Gasteiger partial charge in [0.1, 0.15) is 23.9 Å². The van der Waals surface area contributed by atoms with Crippen LogP contribution in [0.25, 0.3) is 0 Å².